The van der Waals surface area contributed by atoms with Crippen molar-refractivity contribution in [2.24, 2.45) is 28.9 Å². The van der Waals surface area contributed by atoms with Crippen molar-refractivity contribution >= 4 is 0 Å². The predicted octanol–water partition coefficient (Wildman–Crippen LogP) is 4.36. The molecule has 2 aliphatic carbocycles. The number of unbranched alkanes of at least 4 members (excludes halogenated alkanes) is 1. The Morgan fingerprint density at radius 2 is 2.12 bits per heavy atom. The van der Waals surface area contributed by atoms with Crippen LogP contribution in [0, 0.1) is 23.2 Å². The highest BCUT2D eigenvalue weighted by Crippen LogP contribution is 2.58. The van der Waals surface area contributed by atoms with Crippen LogP contribution < -0.4 is 5.73 Å². The maximum absolute atomic E-state index is 6.19. The Kier molecular flexibility index (Phi) is 4.52. The average molecular weight is 237 g/mol. The summed E-state index contributed by atoms with van der Waals surface area (Å²) in [6.07, 6.45) is 12.9. The molecule has 0 aromatic rings. The molecule has 4 atom stereocenters. The maximum atomic E-state index is 6.19. The summed E-state index contributed by atoms with van der Waals surface area (Å²) < 4.78 is 0. The molecule has 100 valence electrons. The van der Waals surface area contributed by atoms with Crippen LogP contribution in [0.4, 0.5) is 0 Å². The fourth-order valence-electron chi connectivity index (χ4n) is 4.66. The molecular weight excluding hydrogens is 206 g/mol. The van der Waals surface area contributed by atoms with Gasteiger partial charge in [0.15, 0.2) is 0 Å². The molecule has 2 N–H and O–H groups in total. The minimum atomic E-state index is 0.553. The molecule has 2 aliphatic rings. The lowest BCUT2D eigenvalue weighted by Gasteiger charge is -2.39. The quantitative estimate of drug-likeness (QED) is 0.699. The Morgan fingerprint density at radius 1 is 1.29 bits per heavy atom. The lowest BCUT2D eigenvalue weighted by molar-refractivity contribution is 0.122. The van der Waals surface area contributed by atoms with Crippen molar-refractivity contribution in [1.29, 1.82) is 0 Å². The first kappa shape index (κ1) is 13.4. The van der Waals surface area contributed by atoms with E-state index < -0.39 is 0 Å². The van der Waals surface area contributed by atoms with Gasteiger partial charge in [-0.2, -0.15) is 0 Å². The lowest BCUT2D eigenvalue weighted by Crippen LogP contribution is -2.37. The van der Waals surface area contributed by atoms with Crippen molar-refractivity contribution in [2.75, 3.05) is 6.54 Å². The molecule has 1 nitrogen and oxygen atoms in total. The molecule has 4 unspecified atom stereocenters. The Hall–Kier alpha value is -0.0400. The van der Waals surface area contributed by atoms with Crippen LogP contribution in [-0.4, -0.2) is 6.54 Å². The Labute approximate surface area is 108 Å². The van der Waals surface area contributed by atoms with E-state index in [0.717, 1.165) is 24.3 Å². The van der Waals surface area contributed by atoms with Gasteiger partial charge in [0.25, 0.3) is 0 Å². The Morgan fingerprint density at radius 3 is 2.59 bits per heavy atom. The van der Waals surface area contributed by atoms with Gasteiger partial charge in [-0.3, -0.25) is 0 Å². The smallest absolute Gasteiger partial charge is 0.00177 e. The van der Waals surface area contributed by atoms with Crippen LogP contribution in [0.2, 0.25) is 0 Å². The molecule has 2 rings (SSSR count). The SMILES string of the molecule is CCCCC(CC)CC1(CN)CC2CCC1C2. The van der Waals surface area contributed by atoms with Gasteiger partial charge >= 0.3 is 0 Å². The zero-order valence-corrected chi connectivity index (χ0v) is 11.9. The van der Waals surface area contributed by atoms with Gasteiger partial charge in [0.05, 0.1) is 0 Å². The molecule has 0 aromatic heterocycles. The van der Waals surface area contributed by atoms with Gasteiger partial charge in [-0.05, 0) is 55.4 Å². The van der Waals surface area contributed by atoms with Crippen LogP contribution in [0.15, 0.2) is 0 Å². The van der Waals surface area contributed by atoms with Gasteiger partial charge in [-0.1, -0.05) is 46.0 Å². The molecule has 0 amide bonds. The predicted molar refractivity (Wildman–Crippen MR) is 74.9 cm³/mol. The first-order valence-corrected chi connectivity index (χ1v) is 7.94. The monoisotopic (exact) mass is 237 g/mol. The summed E-state index contributed by atoms with van der Waals surface area (Å²) in [6, 6.07) is 0. The third kappa shape index (κ3) is 2.70. The van der Waals surface area contributed by atoms with E-state index in [0.29, 0.717) is 5.41 Å². The summed E-state index contributed by atoms with van der Waals surface area (Å²) in [6.45, 7) is 5.64. The minimum absolute atomic E-state index is 0.553. The van der Waals surface area contributed by atoms with E-state index in [-0.39, 0.29) is 0 Å². The Bertz CT molecular complexity index is 238. The van der Waals surface area contributed by atoms with E-state index >= 15 is 0 Å². The summed E-state index contributed by atoms with van der Waals surface area (Å²) in [5.41, 5.74) is 6.74. The zero-order valence-electron chi connectivity index (χ0n) is 11.9. The van der Waals surface area contributed by atoms with Crippen molar-refractivity contribution < 1.29 is 0 Å². The molecule has 0 aliphatic heterocycles. The third-order valence-corrected chi connectivity index (χ3v) is 5.75. The molecule has 0 spiro atoms. The van der Waals surface area contributed by atoms with E-state index in [2.05, 4.69) is 13.8 Å². The van der Waals surface area contributed by atoms with E-state index in [1.807, 2.05) is 0 Å². The molecular formula is C16H31N. The van der Waals surface area contributed by atoms with Gasteiger partial charge < -0.3 is 5.73 Å². The second-order valence-corrected chi connectivity index (χ2v) is 6.77. The van der Waals surface area contributed by atoms with Crippen LogP contribution in [-0.2, 0) is 0 Å². The summed E-state index contributed by atoms with van der Waals surface area (Å²) >= 11 is 0. The van der Waals surface area contributed by atoms with Crippen LogP contribution in [0.3, 0.4) is 0 Å². The molecule has 2 bridgehead atoms. The third-order valence-electron chi connectivity index (χ3n) is 5.75. The van der Waals surface area contributed by atoms with Gasteiger partial charge in [0.2, 0.25) is 0 Å². The van der Waals surface area contributed by atoms with Gasteiger partial charge in [-0.15, -0.1) is 0 Å². The lowest BCUT2D eigenvalue weighted by atomic mass is 9.67. The van der Waals surface area contributed by atoms with Gasteiger partial charge in [0, 0.05) is 0 Å². The van der Waals surface area contributed by atoms with Crippen LogP contribution in [0.25, 0.3) is 0 Å². The van der Waals surface area contributed by atoms with Crippen molar-refractivity contribution in [3.8, 4) is 0 Å². The zero-order chi connectivity index (χ0) is 12.3. The largest absolute Gasteiger partial charge is 0.330 e. The topological polar surface area (TPSA) is 26.0 Å². The van der Waals surface area contributed by atoms with Crippen molar-refractivity contribution in [3.63, 3.8) is 0 Å². The van der Waals surface area contributed by atoms with Crippen LogP contribution >= 0.6 is 0 Å². The number of nitrogens with two attached hydrogens (primary N) is 1. The van der Waals surface area contributed by atoms with E-state index in [4.69, 9.17) is 5.73 Å². The Balaban J connectivity index is 1.94. The summed E-state index contributed by atoms with van der Waals surface area (Å²) in [4.78, 5) is 0. The molecule has 0 radical (unpaired) electrons. The normalized spacial score (nSPS) is 37.6. The van der Waals surface area contributed by atoms with E-state index in [9.17, 15) is 0 Å². The second kappa shape index (κ2) is 5.73. The first-order valence-electron chi connectivity index (χ1n) is 7.94. The van der Waals surface area contributed by atoms with E-state index in [1.54, 1.807) is 0 Å². The summed E-state index contributed by atoms with van der Waals surface area (Å²) in [5.74, 6) is 2.96. The number of rotatable bonds is 7. The van der Waals surface area contributed by atoms with E-state index in [1.165, 1.54) is 57.8 Å². The van der Waals surface area contributed by atoms with Crippen LogP contribution in [0.1, 0.15) is 71.6 Å². The van der Waals surface area contributed by atoms with Gasteiger partial charge in [-0.25, -0.2) is 0 Å². The highest BCUT2D eigenvalue weighted by Gasteiger charge is 2.50. The average Bonchev–Trinajstić information content (AvgIpc) is 2.95. The molecule has 17 heavy (non-hydrogen) atoms. The van der Waals surface area contributed by atoms with Crippen LogP contribution in [0.5, 0.6) is 0 Å². The maximum Gasteiger partial charge on any atom is -0.00177 e. The number of fused-ring (bicyclic) bond motifs is 2. The molecule has 1 heteroatoms. The number of hydrogen-bond acceptors (Lipinski definition) is 1. The molecule has 0 saturated heterocycles. The first-order chi connectivity index (χ1) is 8.24. The summed E-state index contributed by atoms with van der Waals surface area (Å²) in [5, 5.41) is 0. The van der Waals surface area contributed by atoms with Crippen molar-refractivity contribution in [2.45, 2.75) is 71.6 Å². The number of hydrogen-bond donors (Lipinski definition) is 1. The van der Waals surface area contributed by atoms with Crippen molar-refractivity contribution in [1.82, 2.24) is 0 Å². The standard InChI is InChI=1S/C16H31N/c1-3-5-6-13(4-2)10-16(12-17)11-14-7-8-15(16)9-14/h13-15H,3-12,17H2,1-2H3. The summed E-state index contributed by atoms with van der Waals surface area (Å²) in [7, 11) is 0. The fourth-order valence-corrected chi connectivity index (χ4v) is 4.66. The minimum Gasteiger partial charge on any atom is -0.330 e. The highest BCUT2D eigenvalue weighted by molar-refractivity contribution is 5.01. The molecule has 2 fully saturated rings. The molecule has 0 aromatic carbocycles. The highest BCUT2D eigenvalue weighted by atomic mass is 14.7. The second-order valence-electron chi connectivity index (χ2n) is 6.77. The van der Waals surface area contributed by atoms with Crippen molar-refractivity contribution in [3.05, 3.63) is 0 Å². The molecule has 0 heterocycles. The fraction of sp³-hybridized carbons (Fsp3) is 1.00. The van der Waals surface area contributed by atoms with Gasteiger partial charge in [0.1, 0.15) is 0 Å². The molecule has 2 saturated carbocycles.